The average Bonchev–Trinajstić information content (AvgIpc) is 2.50. The molecule has 0 fully saturated rings. The Hall–Kier alpha value is -0.0700. The first kappa shape index (κ1) is 13.4. The summed E-state index contributed by atoms with van der Waals surface area (Å²) in [7, 11) is 0. The zero-order valence-corrected chi connectivity index (χ0v) is 14.0. The molecule has 2 nitrogen and oxygen atoms in total. The fraction of sp³-hybridized carbons (Fsp3) is 0.250. The number of rotatable bonds is 2. The molecule has 0 saturated heterocycles. The van der Waals surface area contributed by atoms with Gasteiger partial charge in [0.2, 0.25) is 0 Å². The lowest BCUT2D eigenvalue weighted by atomic mass is 10.2. The lowest BCUT2D eigenvalue weighted by molar-refractivity contribution is 0.658. The van der Waals surface area contributed by atoms with Crippen LogP contribution in [0.1, 0.15) is 17.0 Å². The smallest absolute Gasteiger partial charge is 0.0730 e. The van der Waals surface area contributed by atoms with Crippen molar-refractivity contribution in [1.29, 1.82) is 0 Å². The second-order valence-corrected chi connectivity index (χ2v) is 6.28. The van der Waals surface area contributed by atoms with Crippen LogP contribution in [-0.4, -0.2) is 9.78 Å². The number of benzene rings is 1. The molecular weight excluding hydrogens is 414 g/mol. The van der Waals surface area contributed by atoms with Crippen molar-refractivity contribution in [2.75, 3.05) is 0 Å². The van der Waals surface area contributed by atoms with Crippen LogP contribution in [0.3, 0.4) is 0 Å². The van der Waals surface area contributed by atoms with Crippen molar-refractivity contribution < 1.29 is 0 Å². The molecule has 0 atom stereocenters. The van der Waals surface area contributed by atoms with E-state index in [1.54, 1.807) is 0 Å². The second-order valence-electron chi connectivity index (χ2n) is 3.88. The predicted molar refractivity (Wildman–Crippen MR) is 82.7 cm³/mol. The van der Waals surface area contributed by atoms with E-state index in [1.165, 1.54) is 9.26 Å². The standard InChI is InChI=1S/C12H11BrClIN2/c1-7-12(15)8(2)17(16-7)6-9-3-4-10(13)5-11(9)14/h3-5H,6H2,1-2H3. The predicted octanol–water partition coefficient (Wildman–Crippen LogP) is 4.57. The van der Waals surface area contributed by atoms with Gasteiger partial charge in [0.25, 0.3) is 0 Å². The molecule has 0 amide bonds. The molecular formula is C12H11BrClIN2. The number of nitrogens with zero attached hydrogens (tertiary/aromatic N) is 2. The van der Waals surface area contributed by atoms with Gasteiger partial charge in [-0.3, -0.25) is 4.68 Å². The highest BCUT2D eigenvalue weighted by atomic mass is 127. The minimum atomic E-state index is 0.710. The van der Waals surface area contributed by atoms with Crippen LogP contribution in [0.15, 0.2) is 22.7 Å². The Kier molecular flexibility index (Phi) is 4.15. The molecule has 0 aliphatic heterocycles. The van der Waals surface area contributed by atoms with Gasteiger partial charge in [0.05, 0.1) is 15.8 Å². The van der Waals surface area contributed by atoms with Crippen molar-refractivity contribution in [3.8, 4) is 0 Å². The Labute approximate surface area is 128 Å². The van der Waals surface area contributed by atoms with Crippen molar-refractivity contribution in [3.05, 3.63) is 48.2 Å². The van der Waals surface area contributed by atoms with E-state index in [4.69, 9.17) is 11.6 Å². The van der Waals surface area contributed by atoms with E-state index in [-0.39, 0.29) is 0 Å². The molecule has 1 aromatic heterocycles. The molecule has 17 heavy (non-hydrogen) atoms. The molecule has 0 unspecified atom stereocenters. The Bertz CT molecular complexity index is 566. The maximum atomic E-state index is 6.21. The Morgan fingerprint density at radius 2 is 2.12 bits per heavy atom. The molecule has 2 rings (SSSR count). The van der Waals surface area contributed by atoms with Gasteiger partial charge in [0.15, 0.2) is 0 Å². The number of hydrogen-bond donors (Lipinski definition) is 0. The van der Waals surface area contributed by atoms with Crippen molar-refractivity contribution in [1.82, 2.24) is 9.78 Å². The monoisotopic (exact) mass is 424 g/mol. The maximum Gasteiger partial charge on any atom is 0.0730 e. The Morgan fingerprint density at radius 1 is 1.41 bits per heavy atom. The van der Waals surface area contributed by atoms with Gasteiger partial charge >= 0.3 is 0 Å². The van der Waals surface area contributed by atoms with Crippen LogP contribution < -0.4 is 0 Å². The molecule has 0 N–H and O–H groups in total. The number of hydrogen-bond acceptors (Lipinski definition) is 1. The van der Waals surface area contributed by atoms with Gasteiger partial charge in [-0.15, -0.1) is 0 Å². The lowest BCUT2D eigenvalue weighted by Crippen LogP contribution is -2.04. The zero-order valence-electron chi connectivity index (χ0n) is 9.47. The average molecular weight is 425 g/mol. The summed E-state index contributed by atoms with van der Waals surface area (Å²) in [5.74, 6) is 0. The highest BCUT2D eigenvalue weighted by Crippen LogP contribution is 2.23. The fourth-order valence-electron chi connectivity index (χ4n) is 1.64. The highest BCUT2D eigenvalue weighted by Gasteiger charge is 2.10. The van der Waals surface area contributed by atoms with Crippen molar-refractivity contribution >= 4 is 50.1 Å². The van der Waals surface area contributed by atoms with Crippen LogP contribution in [0.2, 0.25) is 5.02 Å². The van der Waals surface area contributed by atoms with Gasteiger partial charge in [0, 0.05) is 15.2 Å². The van der Waals surface area contributed by atoms with E-state index >= 15 is 0 Å². The molecule has 0 saturated carbocycles. The summed E-state index contributed by atoms with van der Waals surface area (Å²) in [4.78, 5) is 0. The molecule has 90 valence electrons. The molecule has 0 spiro atoms. The highest BCUT2D eigenvalue weighted by molar-refractivity contribution is 14.1. The lowest BCUT2D eigenvalue weighted by Gasteiger charge is -2.07. The van der Waals surface area contributed by atoms with E-state index in [0.717, 1.165) is 20.8 Å². The summed E-state index contributed by atoms with van der Waals surface area (Å²) < 4.78 is 4.21. The molecule has 0 aliphatic carbocycles. The summed E-state index contributed by atoms with van der Waals surface area (Å²) in [6.45, 7) is 4.81. The number of aromatic nitrogens is 2. The van der Waals surface area contributed by atoms with Gasteiger partial charge in [-0.05, 0) is 54.1 Å². The zero-order chi connectivity index (χ0) is 12.6. The summed E-state index contributed by atoms with van der Waals surface area (Å²) in [5.41, 5.74) is 3.33. The molecule has 0 bridgehead atoms. The summed E-state index contributed by atoms with van der Waals surface area (Å²) in [6, 6.07) is 5.93. The third-order valence-electron chi connectivity index (χ3n) is 2.63. The minimum Gasteiger partial charge on any atom is -0.264 e. The summed E-state index contributed by atoms with van der Waals surface area (Å²) >= 11 is 11.9. The molecule has 0 radical (unpaired) electrons. The summed E-state index contributed by atoms with van der Waals surface area (Å²) in [6.07, 6.45) is 0. The van der Waals surface area contributed by atoms with Gasteiger partial charge in [0.1, 0.15) is 0 Å². The van der Waals surface area contributed by atoms with Crippen LogP contribution in [0.5, 0.6) is 0 Å². The molecule has 1 heterocycles. The maximum absolute atomic E-state index is 6.21. The number of aryl methyl sites for hydroxylation is 1. The first-order chi connectivity index (χ1) is 7.99. The van der Waals surface area contributed by atoms with Crippen LogP contribution in [0.4, 0.5) is 0 Å². The third kappa shape index (κ3) is 2.85. The van der Waals surface area contributed by atoms with Gasteiger partial charge in [-0.25, -0.2) is 0 Å². The van der Waals surface area contributed by atoms with E-state index in [1.807, 2.05) is 29.8 Å². The third-order valence-corrected chi connectivity index (χ3v) is 5.03. The van der Waals surface area contributed by atoms with E-state index in [2.05, 4.69) is 50.5 Å². The fourth-order valence-corrected chi connectivity index (χ4v) is 2.76. The first-order valence-corrected chi connectivity index (χ1v) is 7.37. The molecule has 5 heteroatoms. The van der Waals surface area contributed by atoms with Crippen molar-refractivity contribution in [2.24, 2.45) is 0 Å². The van der Waals surface area contributed by atoms with E-state index in [9.17, 15) is 0 Å². The van der Waals surface area contributed by atoms with Gasteiger partial charge in [-0.1, -0.05) is 33.6 Å². The molecule has 0 aliphatic rings. The van der Waals surface area contributed by atoms with Crippen LogP contribution in [0, 0.1) is 17.4 Å². The Morgan fingerprint density at radius 3 is 2.65 bits per heavy atom. The van der Waals surface area contributed by atoms with Crippen LogP contribution >= 0.6 is 50.1 Å². The number of halogens is 3. The van der Waals surface area contributed by atoms with Crippen molar-refractivity contribution in [2.45, 2.75) is 20.4 Å². The van der Waals surface area contributed by atoms with Crippen molar-refractivity contribution in [3.63, 3.8) is 0 Å². The van der Waals surface area contributed by atoms with E-state index < -0.39 is 0 Å². The SMILES string of the molecule is Cc1nn(Cc2ccc(Br)cc2Cl)c(C)c1I. The van der Waals surface area contributed by atoms with Gasteiger partial charge < -0.3 is 0 Å². The van der Waals surface area contributed by atoms with Crippen LogP contribution in [0.25, 0.3) is 0 Å². The second kappa shape index (κ2) is 5.28. The summed E-state index contributed by atoms with van der Waals surface area (Å²) in [5, 5.41) is 5.27. The van der Waals surface area contributed by atoms with Crippen LogP contribution in [-0.2, 0) is 6.54 Å². The quantitative estimate of drug-likeness (QED) is 0.645. The normalized spacial score (nSPS) is 10.9. The molecule has 2 aromatic rings. The van der Waals surface area contributed by atoms with Gasteiger partial charge in [-0.2, -0.15) is 5.10 Å². The molecule has 1 aromatic carbocycles. The first-order valence-electron chi connectivity index (χ1n) is 5.12. The minimum absolute atomic E-state index is 0.710. The van der Waals surface area contributed by atoms with E-state index in [0.29, 0.717) is 6.54 Å². The Balaban J connectivity index is 2.34. The largest absolute Gasteiger partial charge is 0.264 e. The topological polar surface area (TPSA) is 17.8 Å².